The Kier molecular flexibility index (Phi) is 10.5. The van der Waals surface area contributed by atoms with Crippen molar-refractivity contribution in [3.63, 3.8) is 0 Å². The Hall–Kier alpha value is -1.68. The lowest BCUT2D eigenvalue weighted by Crippen LogP contribution is -2.72. The van der Waals surface area contributed by atoms with E-state index in [0.29, 0.717) is 31.6 Å². The van der Waals surface area contributed by atoms with Gasteiger partial charge in [0.1, 0.15) is 30.5 Å². The summed E-state index contributed by atoms with van der Waals surface area (Å²) in [5.74, 6) is -2.83. The first-order chi connectivity index (χ1) is 23.1. The zero-order valence-corrected chi connectivity index (χ0v) is 30.1. The van der Waals surface area contributed by atoms with Crippen molar-refractivity contribution in [1.29, 1.82) is 0 Å². The summed E-state index contributed by atoms with van der Waals surface area (Å²) in [6.45, 7) is 10.7. The van der Waals surface area contributed by atoms with Gasteiger partial charge in [-0.2, -0.15) is 0 Å². The molecule has 5 aliphatic rings. The molecular formula is C37H60O13. The monoisotopic (exact) mass is 712 g/mol. The van der Waals surface area contributed by atoms with Crippen LogP contribution < -0.4 is 0 Å². The first kappa shape index (κ1) is 39.5. The zero-order valence-electron chi connectivity index (χ0n) is 30.1. The fraction of sp³-hybridized carbons (Fsp3) is 0.892. The number of esters is 1. The Balaban J connectivity index is 1.60. The van der Waals surface area contributed by atoms with Crippen LogP contribution in [0.1, 0.15) is 86.5 Å². The largest absolute Gasteiger partial charge is 0.481 e. The molecule has 0 heterocycles. The number of carbonyl (C=O) groups is 2. The molecule has 0 aromatic heterocycles. The smallest absolute Gasteiger partial charge is 0.338 e. The first-order valence-electron chi connectivity index (χ1n) is 18.3. The molecule has 5 rings (SSSR count). The minimum atomic E-state index is -2.38. The lowest BCUT2D eigenvalue weighted by molar-refractivity contribution is -0.279. The molecule has 50 heavy (non-hydrogen) atoms. The van der Waals surface area contributed by atoms with Gasteiger partial charge in [-0.15, -0.1) is 0 Å². The highest BCUT2D eigenvalue weighted by Gasteiger charge is 2.73. The predicted octanol–water partition coefficient (Wildman–Crippen LogP) is 0.351. The molecule has 5 aliphatic carbocycles. The summed E-state index contributed by atoms with van der Waals surface area (Å²) in [5, 5.41) is 105. The van der Waals surface area contributed by atoms with E-state index in [4.69, 9.17) is 9.84 Å². The Morgan fingerprint density at radius 3 is 2.14 bits per heavy atom. The molecule has 286 valence electrons. The average Bonchev–Trinajstić information content (AvgIpc) is 3.06. The van der Waals surface area contributed by atoms with E-state index in [9.17, 15) is 55.5 Å². The second-order valence-corrected chi connectivity index (χ2v) is 17.7. The summed E-state index contributed by atoms with van der Waals surface area (Å²) in [7, 11) is 0. The summed E-state index contributed by atoms with van der Waals surface area (Å²) in [6.07, 6.45) is -9.03. The number of aliphatic carboxylic acids is 1. The minimum Gasteiger partial charge on any atom is -0.481 e. The Bertz CT molecular complexity index is 1340. The first-order valence-corrected chi connectivity index (χ1v) is 18.3. The van der Waals surface area contributed by atoms with Gasteiger partial charge in [-0.3, -0.25) is 4.79 Å². The van der Waals surface area contributed by atoms with Gasteiger partial charge in [0.05, 0.1) is 30.8 Å². The summed E-state index contributed by atoms with van der Waals surface area (Å²) < 4.78 is 6.08. The normalized spacial score (nSPS) is 48.7. The molecule has 0 bridgehead atoms. The fourth-order valence-corrected chi connectivity index (χ4v) is 12.3. The number of hydrogen-bond acceptors (Lipinski definition) is 12. The number of ether oxygens (including phenoxy) is 1. The van der Waals surface area contributed by atoms with Crippen molar-refractivity contribution in [3.8, 4) is 0 Å². The number of carboxylic acids is 1. The van der Waals surface area contributed by atoms with Crippen LogP contribution in [0.2, 0.25) is 0 Å². The second-order valence-electron chi connectivity index (χ2n) is 17.7. The lowest BCUT2D eigenvalue weighted by atomic mass is 9.32. The molecule has 4 saturated carbocycles. The standard InChI is InChI=1S/C37H60O13/c1-17-9-10-37(32(48)49)12-11-35(5)19(24(37)18(17)2)7-8-23-33(3)13-20(40)30(46)34(4,16-39)29(33)22(14-36(23,35)6)50-31(47)28(45)27(44)26(43)25(42)21(41)15-38/h7,17-18,20-30,38-46H,8-16H2,1-6H3,(H,48,49)/t17-,18+,20-,21-,22-,23-,24+,25-,26-,27+,28+,29-,30+,33-,34+,35-,36-,37+/m1/s1. The lowest BCUT2D eigenvalue weighted by Gasteiger charge is -2.72. The van der Waals surface area contributed by atoms with Gasteiger partial charge in [0.25, 0.3) is 0 Å². The Morgan fingerprint density at radius 2 is 1.56 bits per heavy atom. The van der Waals surface area contributed by atoms with Crippen molar-refractivity contribution in [3.05, 3.63) is 11.6 Å². The molecule has 0 aliphatic heterocycles. The number of aliphatic hydroxyl groups excluding tert-OH is 9. The van der Waals surface area contributed by atoms with E-state index in [1.165, 1.54) is 0 Å². The van der Waals surface area contributed by atoms with Crippen LogP contribution in [0.15, 0.2) is 11.6 Å². The van der Waals surface area contributed by atoms with E-state index in [2.05, 4.69) is 33.8 Å². The highest BCUT2D eigenvalue weighted by atomic mass is 16.6. The molecule has 18 atom stereocenters. The maximum atomic E-state index is 13.7. The molecule has 4 fully saturated rings. The van der Waals surface area contributed by atoms with Gasteiger partial charge in [0.15, 0.2) is 6.10 Å². The molecule has 0 spiro atoms. The maximum absolute atomic E-state index is 13.7. The number of carbonyl (C=O) groups excluding carboxylic acids is 1. The molecule has 13 nitrogen and oxygen atoms in total. The second kappa shape index (κ2) is 13.3. The van der Waals surface area contributed by atoms with Crippen molar-refractivity contribution in [1.82, 2.24) is 0 Å². The highest BCUT2D eigenvalue weighted by molar-refractivity contribution is 5.77. The third kappa shape index (κ3) is 5.43. The van der Waals surface area contributed by atoms with Gasteiger partial charge in [-0.25, -0.2) is 4.79 Å². The molecule has 0 radical (unpaired) electrons. The minimum absolute atomic E-state index is 0.0959. The zero-order chi connectivity index (χ0) is 37.5. The SMILES string of the molecule is C[C@H]1[C@H](C)CC[C@]2(C(=O)O)CC[C@]3(C)C(=CC[C@@H]4[C@@]5(C)C[C@@H](O)[C@H](O)[C@@](C)(CO)[C@@H]5[C@H](OC(=O)[C@@H](O)[C@@H](O)[C@H](O)[C@H](O)[C@H](O)CO)C[C@]43C)[C@H]12. The Morgan fingerprint density at radius 1 is 0.920 bits per heavy atom. The van der Waals surface area contributed by atoms with E-state index in [1.54, 1.807) is 6.92 Å². The van der Waals surface area contributed by atoms with Gasteiger partial charge >= 0.3 is 11.9 Å². The number of rotatable bonds is 9. The molecule has 0 unspecified atom stereocenters. The van der Waals surface area contributed by atoms with E-state index in [-0.39, 0.29) is 30.6 Å². The third-order valence-corrected chi connectivity index (χ3v) is 15.5. The quantitative estimate of drug-likeness (QED) is 0.115. The third-order valence-electron chi connectivity index (χ3n) is 15.5. The van der Waals surface area contributed by atoms with Crippen molar-refractivity contribution >= 4 is 11.9 Å². The van der Waals surface area contributed by atoms with Crippen LogP contribution in [0.4, 0.5) is 0 Å². The van der Waals surface area contributed by atoms with Crippen LogP contribution in [-0.4, -0.2) is 125 Å². The van der Waals surface area contributed by atoms with Crippen LogP contribution in [-0.2, 0) is 14.3 Å². The van der Waals surface area contributed by atoms with Gasteiger partial charge in [-0.05, 0) is 84.9 Å². The fourth-order valence-electron chi connectivity index (χ4n) is 12.3. The molecule has 13 heteroatoms. The molecule has 0 aromatic carbocycles. The topological polar surface area (TPSA) is 246 Å². The van der Waals surface area contributed by atoms with Crippen molar-refractivity contribution in [2.75, 3.05) is 13.2 Å². The summed E-state index contributed by atoms with van der Waals surface area (Å²) in [6, 6.07) is 0. The van der Waals surface area contributed by atoms with Crippen LogP contribution >= 0.6 is 0 Å². The van der Waals surface area contributed by atoms with E-state index < -0.39 is 107 Å². The summed E-state index contributed by atoms with van der Waals surface area (Å²) in [5.41, 5.74) is -3.26. The molecule has 0 saturated heterocycles. The van der Waals surface area contributed by atoms with Crippen LogP contribution in [0.3, 0.4) is 0 Å². The van der Waals surface area contributed by atoms with E-state index in [0.717, 1.165) is 12.0 Å². The van der Waals surface area contributed by atoms with Crippen LogP contribution in [0.5, 0.6) is 0 Å². The van der Waals surface area contributed by atoms with Crippen molar-refractivity contribution in [2.24, 2.45) is 56.7 Å². The predicted molar refractivity (Wildman–Crippen MR) is 178 cm³/mol. The summed E-state index contributed by atoms with van der Waals surface area (Å²) in [4.78, 5) is 26.8. The highest BCUT2D eigenvalue weighted by Crippen LogP contribution is 2.76. The van der Waals surface area contributed by atoms with Crippen molar-refractivity contribution < 1.29 is 65.4 Å². The average molecular weight is 713 g/mol. The van der Waals surface area contributed by atoms with E-state index in [1.807, 2.05) is 6.92 Å². The van der Waals surface area contributed by atoms with Gasteiger partial charge in [-0.1, -0.05) is 53.2 Å². The number of aliphatic hydroxyl groups is 9. The molecule has 0 amide bonds. The number of fused-ring (bicyclic) bond motifs is 7. The van der Waals surface area contributed by atoms with E-state index >= 15 is 0 Å². The van der Waals surface area contributed by atoms with Crippen molar-refractivity contribution in [2.45, 2.75) is 135 Å². The number of hydrogen-bond donors (Lipinski definition) is 10. The van der Waals surface area contributed by atoms with Gasteiger partial charge in [0, 0.05) is 11.3 Å². The summed E-state index contributed by atoms with van der Waals surface area (Å²) >= 11 is 0. The maximum Gasteiger partial charge on any atom is 0.338 e. The molecular weight excluding hydrogens is 652 g/mol. The Labute approximate surface area is 294 Å². The number of allylic oxidation sites excluding steroid dienone is 2. The van der Waals surface area contributed by atoms with Gasteiger partial charge < -0.3 is 55.8 Å². The van der Waals surface area contributed by atoms with Crippen LogP contribution in [0, 0.1) is 56.7 Å². The molecule has 10 N–H and O–H groups in total. The van der Waals surface area contributed by atoms with Gasteiger partial charge in [0.2, 0.25) is 0 Å². The van der Waals surface area contributed by atoms with Crippen LogP contribution in [0.25, 0.3) is 0 Å². The molecule has 0 aromatic rings. The number of carboxylic acid groups (broad SMARTS) is 1.